The van der Waals surface area contributed by atoms with E-state index < -0.39 is 5.97 Å². The van der Waals surface area contributed by atoms with Crippen LogP contribution in [-0.2, 0) is 4.79 Å². The summed E-state index contributed by atoms with van der Waals surface area (Å²) in [7, 11) is 0. The molecule has 0 saturated heterocycles. The molecule has 0 aromatic carbocycles. The van der Waals surface area contributed by atoms with Crippen LogP contribution in [0.5, 0.6) is 0 Å². The van der Waals surface area contributed by atoms with Gasteiger partial charge < -0.3 is 10.4 Å². The standard InChI is InChI=1S/C13H25NO2S/c1-17-13(8-4-5-9-13)11-14-10-6-2-3-7-12(15)16/h14H,2-11H2,1H3,(H,15,16). The zero-order valence-corrected chi connectivity index (χ0v) is 11.7. The van der Waals surface area contributed by atoms with Gasteiger partial charge in [0.1, 0.15) is 0 Å². The fourth-order valence-electron chi connectivity index (χ4n) is 2.49. The minimum atomic E-state index is -0.676. The van der Waals surface area contributed by atoms with E-state index >= 15 is 0 Å². The van der Waals surface area contributed by atoms with Crippen LogP contribution in [0.2, 0.25) is 0 Å². The molecule has 1 aliphatic carbocycles. The van der Waals surface area contributed by atoms with Gasteiger partial charge in [0.15, 0.2) is 0 Å². The molecule has 2 N–H and O–H groups in total. The first-order valence-electron chi connectivity index (χ1n) is 6.66. The number of hydrogen-bond acceptors (Lipinski definition) is 3. The minimum absolute atomic E-state index is 0.314. The average Bonchev–Trinajstić information content (AvgIpc) is 2.77. The largest absolute Gasteiger partial charge is 0.481 e. The quantitative estimate of drug-likeness (QED) is 0.625. The maximum absolute atomic E-state index is 10.3. The smallest absolute Gasteiger partial charge is 0.303 e. The van der Waals surface area contributed by atoms with E-state index in [1.807, 2.05) is 11.8 Å². The van der Waals surface area contributed by atoms with Crippen molar-refractivity contribution >= 4 is 17.7 Å². The molecule has 0 spiro atoms. The molecule has 0 bridgehead atoms. The highest BCUT2D eigenvalue weighted by molar-refractivity contribution is 8.00. The van der Waals surface area contributed by atoms with E-state index in [9.17, 15) is 4.79 Å². The van der Waals surface area contributed by atoms with Crippen molar-refractivity contribution in [3.05, 3.63) is 0 Å². The maximum atomic E-state index is 10.3. The summed E-state index contributed by atoms with van der Waals surface area (Å²) in [6, 6.07) is 0. The molecule has 4 heteroatoms. The molecule has 1 rings (SSSR count). The zero-order valence-electron chi connectivity index (χ0n) is 10.8. The second-order valence-electron chi connectivity index (χ2n) is 4.98. The van der Waals surface area contributed by atoms with Gasteiger partial charge in [0.25, 0.3) is 0 Å². The van der Waals surface area contributed by atoms with E-state index in [4.69, 9.17) is 5.11 Å². The van der Waals surface area contributed by atoms with E-state index in [0.717, 1.165) is 32.4 Å². The van der Waals surface area contributed by atoms with E-state index in [1.165, 1.54) is 25.7 Å². The lowest BCUT2D eigenvalue weighted by Gasteiger charge is -2.27. The first kappa shape index (κ1) is 14.8. The fourth-order valence-corrected chi connectivity index (χ4v) is 3.43. The van der Waals surface area contributed by atoms with Crippen LogP contribution in [-0.4, -0.2) is 35.2 Å². The molecule has 0 aromatic rings. The highest BCUT2D eigenvalue weighted by atomic mass is 32.2. The number of carbonyl (C=O) groups is 1. The fraction of sp³-hybridized carbons (Fsp3) is 0.923. The van der Waals surface area contributed by atoms with Crippen LogP contribution in [0.25, 0.3) is 0 Å². The van der Waals surface area contributed by atoms with Gasteiger partial charge in [-0.1, -0.05) is 19.3 Å². The van der Waals surface area contributed by atoms with Crippen LogP contribution < -0.4 is 5.32 Å². The summed E-state index contributed by atoms with van der Waals surface area (Å²) in [5, 5.41) is 12.0. The maximum Gasteiger partial charge on any atom is 0.303 e. The van der Waals surface area contributed by atoms with Gasteiger partial charge >= 0.3 is 5.97 Å². The highest BCUT2D eigenvalue weighted by Crippen LogP contribution is 2.39. The Hall–Kier alpha value is -0.220. The number of thioether (sulfide) groups is 1. The van der Waals surface area contributed by atoms with Gasteiger partial charge in [-0.25, -0.2) is 0 Å². The van der Waals surface area contributed by atoms with Gasteiger partial charge in [-0.2, -0.15) is 11.8 Å². The van der Waals surface area contributed by atoms with Gasteiger partial charge in [0.05, 0.1) is 0 Å². The van der Waals surface area contributed by atoms with E-state index in [2.05, 4.69) is 11.6 Å². The van der Waals surface area contributed by atoms with Gasteiger partial charge in [-0.15, -0.1) is 0 Å². The molecule has 17 heavy (non-hydrogen) atoms. The van der Waals surface area contributed by atoms with Crippen LogP contribution in [0.15, 0.2) is 0 Å². The molecule has 0 aromatic heterocycles. The monoisotopic (exact) mass is 259 g/mol. The highest BCUT2D eigenvalue weighted by Gasteiger charge is 2.32. The van der Waals surface area contributed by atoms with Crippen molar-refractivity contribution in [1.29, 1.82) is 0 Å². The van der Waals surface area contributed by atoms with Crippen LogP contribution >= 0.6 is 11.8 Å². The second kappa shape index (κ2) is 7.98. The number of nitrogens with one attached hydrogen (secondary N) is 1. The molecule has 1 aliphatic rings. The Kier molecular flexibility index (Phi) is 6.97. The zero-order chi connectivity index (χ0) is 12.6. The number of aliphatic carboxylic acids is 1. The number of unbranched alkanes of at least 4 members (excludes halogenated alkanes) is 2. The third-order valence-electron chi connectivity index (χ3n) is 3.64. The van der Waals surface area contributed by atoms with E-state index in [-0.39, 0.29) is 0 Å². The van der Waals surface area contributed by atoms with Crippen molar-refractivity contribution in [1.82, 2.24) is 5.32 Å². The average molecular weight is 259 g/mol. The molecular formula is C13H25NO2S. The van der Waals surface area contributed by atoms with Crippen molar-refractivity contribution in [2.45, 2.75) is 56.1 Å². The van der Waals surface area contributed by atoms with Crippen molar-refractivity contribution in [2.24, 2.45) is 0 Å². The molecule has 0 heterocycles. The first-order valence-corrected chi connectivity index (χ1v) is 7.89. The lowest BCUT2D eigenvalue weighted by atomic mass is 10.1. The summed E-state index contributed by atoms with van der Waals surface area (Å²) in [5.41, 5.74) is 0. The first-order chi connectivity index (χ1) is 8.18. The molecule has 0 unspecified atom stereocenters. The lowest BCUT2D eigenvalue weighted by Crippen LogP contribution is -2.35. The van der Waals surface area contributed by atoms with Crippen molar-refractivity contribution in [3.63, 3.8) is 0 Å². The molecule has 100 valence electrons. The molecule has 0 radical (unpaired) electrons. The Bertz CT molecular complexity index is 227. The van der Waals surface area contributed by atoms with Gasteiger partial charge in [-0.3, -0.25) is 4.79 Å². The topological polar surface area (TPSA) is 49.3 Å². The summed E-state index contributed by atoms with van der Waals surface area (Å²) >= 11 is 2.01. The molecule has 0 aliphatic heterocycles. The van der Waals surface area contributed by atoms with Crippen LogP contribution in [0, 0.1) is 0 Å². The number of hydrogen-bond donors (Lipinski definition) is 2. The van der Waals surface area contributed by atoms with Crippen LogP contribution in [0.4, 0.5) is 0 Å². The number of rotatable bonds is 9. The summed E-state index contributed by atoms with van der Waals surface area (Å²) in [6.45, 7) is 2.15. The molecule has 3 nitrogen and oxygen atoms in total. The van der Waals surface area contributed by atoms with Crippen LogP contribution in [0.3, 0.4) is 0 Å². The summed E-state index contributed by atoms with van der Waals surface area (Å²) in [5.74, 6) is -0.676. The summed E-state index contributed by atoms with van der Waals surface area (Å²) in [4.78, 5) is 10.3. The molecule has 0 atom stereocenters. The van der Waals surface area contributed by atoms with Gasteiger partial charge in [0, 0.05) is 17.7 Å². The minimum Gasteiger partial charge on any atom is -0.481 e. The van der Waals surface area contributed by atoms with Crippen molar-refractivity contribution < 1.29 is 9.90 Å². The third kappa shape index (κ3) is 5.77. The predicted octanol–water partition coefficient (Wildman–Crippen LogP) is 2.90. The number of carboxylic acid groups (broad SMARTS) is 1. The summed E-state index contributed by atoms with van der Waals surface area (Å²) in [6.07, 6.45) is 10.9. The molecular weight excluding hydrogens is 234 g/mol. The molecule has 1 saturated carbocycles. The summed E-state index contributed by atoms with van der Waals surface area (Å²) < 4.78 is 0.487. The Morgan fingerprint density at radius 1 is 1.29 bits per heavy atom. The van der Waals surface area contributed by atoms with Gasteiger partial charge in [-0.05, 0) is 38.5 Å². The third-order valence-corrected chi connectivity index (χ3v) is 5.06. The molecule has 1 fully saturated rings. The Morgan fingerprint density at radius 3 is 2.59 bits per heavy atom. The Morgan fingerprint density at radius 2 is 2.00 bits per heavy atom. The molecule has 0 amide bonds. The second-order valence-corrected chi connectivity index (χ2v) is 6.25. The predicted molar refractivity (Wildman–Crippen MR) is 73.7 cm³/mol. The van der Waals surface area contributed by atoms with E-state index in [1.54, 1.807) is 0 Å². The van der Waals surface area contributed by atoms with Gasteiger partial charge in [0.2, 0.25) is 0 Å². The number of carboxylic acids is 1. The normalized spacial score (nSPS) is 18.4. The SMILES string of the molecule is CSC1(CNCCCCCC(=O)O)CCCC1. The van der Waals surface area contributed by atoms with E-state index in [0.29, 0.717) is 11.2 Å². The lowest BCUT2D eigenvalue weighted by molar-refractivity contribution is -0.137. The Labute approximate surface area is 109 Å². The van der Waals surface area contributed by atoms with Crippen molar-refractivity contribution in [3.8, 4) is 0 Å². The van der Waals surface area contributed by atoms with Crippen molar-refractivity contribution in [2.75, 3.05) is 19.3 Å². The van der Waals surface area contributed by atoms with Crippen LogP contribution in [0.1, 0.15) is 51.4 Å². The Balaban J connectivity index is 1.98.